The van der Waals surface area contributed by atoms with Crippen LogP contribution in [0.25, 0.3) is 0 Å². The molecule has 2 rings (SSSR count). The summed E-state index contributed by atoms with van der Waals surface area (Å²) in [7, 11) is 0. The zero-order valence-corrected chi connectivity index (χ0v) is 10.3. The largest absolute Gasteiger partial charge is 0.394 e. The molecule has 1 aliphatic rings. The Morgan fingerprint density at radius 2 is 2.00 bits per heavy atom. The quantitative estimate of drug-likeness (QED) is 0.828. The number of halogens is 1. The Labute approximate surface area is 102 Å². The third-order valence-corrected chi connectivity index (χ3v) is 3.67. The van der Waals surface area contributed by atoms with Gasteiger partial charge in [0.2, 0.25) is 0 Å². The summed E-state index contributed by atoms with van der Waals surface area (Å²) in [4.78, 5) is 0. The predicted molar refractivity (Wildman–Crippen MR) is 66.5 cm³/mol. The summed E-state index contributed by atoms with van der Waals surface area (Å²) in [6.45, 7) is 3.08. The summed E-state index contributed by atoms with van der Waals surface area (Å²) in [5, 5.41) is 13.6. The minimum atomic E-state index is -0.125. The molecule has 0 aromatic heterocycles. The third kappa shape index (κ3) is 2.76. The van der Waals surface area contributed by atoms with Gasteiger partial charge < -0.3 is 10.4 Å². The molecular formula is C13H18ClNO. The van der Waals surface area contributed by atoms with Gasteiger partial charge in [-0.2, -0.15) is 0 Å². The number of nitrogens with one attached hydrogen (secondary N) is 1. The van der Waals surface area contributed by atoms with Crippen molar-refractivity contribution in [2.45, 2.75) is 31.8 Å². The van der Waals surface area contributed by atoms with Gasteiger partial charge in [0.1, 0.15) is 0 Å². The van der Waals surface area contributed by atoms with E-state index in [1.54, 1.807) is 0 Å². The van der Waals surface area contributed by atoms with E-state index in [0.717, 1.165) is 11.6 Å². The maximum absolute atomic E-state index is 9.43. The molecule has 16 heavy (non-hydrogen) atoms. The first kappa shape index (κ1) is 11.9. The molecule has 1 aromatic carbocycles. The number of rotatable bonds is 5. The summed E-state index contributed by atoms with van der Waals surface area (Å²) in [6, 6.07) is 7.82. The van der Waals surface area contributed by atoms with Crippen LogP contribution in [0.2, 0.25) is 5.02 Å². The lowest BCUT2D eigenvalue weighted by atomic mass is 9.96. The van der Waals surface area contributed by atoms with Crippen molar-refractivity contribution in [1.29, 1.82) is 0 Å². The lowest BCUT2D eigenvalue weighted by Crippen LogP contribution is -2.47. The van der Waals surface area contributed by atoms with Gasteiger partial charge in [-0.05, 0) is 43.4 Å². The Morgan fingerprint density at radius 1 is 1.38 bits per heavy atom. The predicted octanol–water partition coefficient (Wildman–Crippen LogP) is 2.59. The number of aliphatic hydroxyl groups excluding tert-OH is 1. The summed E-state index contributed by atoms with van der Waals surface area (Å²) >= 11 is 5.83. The lowest BCUT2D eigenvalue weighted by molar-refractivity contribution is 0.153. The Hall–Kier alpha value is -0.570. The zero-order valence-electron chi connectivity index (χ0n) is 9.54. The molecule has 0 amide bonds. The van der Waals surface area contributed by atoms with Gasteiger partial charge in [0.25, 0.3) is 0 Å². The zero-order chi connectivity index (χ0) is 11.6. The Kier molecular flexibility index (Phi) is 3.53. The topological polar surface area (TPSA) is 32.3 Å². The van der Waals surface area contributed by atoms with E-state index in [2.05, 4.69) is 12.2 Å². The first-order valence-corrected chi connectivity index (χ1v) is 6.12. The second kappa shape index (κ2) is 4.74. The number of benzene rings is 1. The van der Waals surface area contributed by atoms with Crippen molar-refractivity contribution in [3.05, 3.63) is 34.9 Å². The molecule has 0 saturated heterocycles. The summed E-state index contributed by atoms with van der Waals surface area (Å²) < 4.78 is 0. The lowest BCUT2D eigenvalue weighted by Gasteiger charge is -2.29. The van der Waals surface area contributed by atoms with Crippen LogP contribution < -0.4 is 5.32 Å². The van der Waals surface area contributed by atoms with E-state index < -0.39 is 0 Å². The molecule has 0 aliphatic heterocycles. The molecule has 0 spiro atoms. The van der Waals surface area contributed by atoms with Gasteiger partial charge in [-0.3, -0.25) is 0 Å². The van der Waals surface area contributed by atoms with Gasteiger partial charge in [0.15, 0.2) is 0 Å². The minimum Gasteiger partial charge on any atom is -0.394 e. The van der Waals surface area contributed by atoms with Crippen molar-refractivity contribution in [3.8, 4) is 0 Å². The van der Waals surface area contributed by atoms with Crippen molar-refractivity contribution < 1.29 is 5.11 Å². The van der Waals surface area contributed by atoms with Crippen molar-refractivity contribution in [2.75, 3.05) is 6.61 Å². The molecule has 0 radical (unpaired) electrons. The number of hydrogen-bond donors (Lipinski definition) is 2. The van der Waals surface area contributed by atoms with Crippen LogP contribution in [0.15, 0.2) is 24.3 Å². The first-order chi connectivity index (χ1) is 7.64. The minimum absolute atomic E-state index is 0.125. The molecule has 1 atom stereocenters. The van der Waals surface area contributed by atoms with Gasteiger partial charge in [-0.25, -0.2) is 0 Å². The SMILES string of the molecule is CC(CO)(NCc1ccc(Cl)cc1)C1CC1. The Morgan fingerprint density at radius 3 is 2.50 bits per heavy atom. The van der Waals surface area contributed by atoms with Crippen LogP contribution in [0, 0.1) is 5.92 Å². The van der Waals surface area contributed by atoms with Gasteiger partial charge in [0, 0.05) is 17.1 Å². The van der Waals surface area contributed by atoms with E-state index >= 15 is 0 Å². The number of aliphatic hydroxyl groups is 1. The fourth-order valence-electron chi connectivity index (χ4n) is 1.96. The molecule has 1 aromatic rings. The number of hydrogen-bond acceptors (Lipinski definition) is 2. The third-order valence-electron chi connectivity index (χ3n) is 3.42. The molecule has 0 heterocycles. The van der Waals surface area contributed by atoms with E-state index in [9.17, 15) is 5.11 Å². The van der Waals surface area contributed by atoms with Crippen LogP contribution in [-0.2, 0) is 6.54 Å². The Bertz CT molecular complexity index is 347. The second-order valence-electron chi connectivity index (χ2n) is 4.83. The van der Waals surface area contributed by atoms with E-state index in [1.165, 1.54) is 18.4 Å². The normalized spacial score (nSPS) is 19.4. The molecule has 1 aliphatic carbocycles. The molecule has 2 nitrogen and oxygen atoms in total. The van der Waals surface area contributed by atoms with Crippen molar-refractivity contribution in [2.24, 2.45) is 5.92 Å². The van der Waals surface area contributed by atoms with Crippen LogP contribution in [0.3, 0.4) is 0 Å². The molecule has 1 unspecified atom stereocenters. The van der Waals surface area contributed by atoms with Crippen molar-refractivity contribution in [3.63, 3.8) is 0 Å². The van der Waals surface area contributed by atoms with Crippen molar-refractivity contribution >= 4 is 11.6 Å². The summed E-state index contributed by atoms with van der Waals surface area (Å²) in [5.74, 6) is 0.629. The highest BCUT2D eigenvalue weighted by atomic mass is 35.5. The molecule has 1 fully saturated rings. The van der Waals surface area contributed by atoms with Crippen LogP contribution in [0.1, 0.15) is 25.3 Å². The van der Waals surface area contributed by atoms with E-state index in [4.69, 9.17) is 11.6 Å². The maximum Gasteiger partial charge on any atom is 0.0613 e. The molecule has 1 saturated carbocycles. The van der Waals surface area contributed by atoms with E-state index in [-0.39, 0.29) is 12.1 Å². The molecule has 3 heteroatoms. The molecular weight excluding hydrogens is 222 g/mol. The maximum atomic E-state index is 9.43. The monoisotopic (exact) mass is 239 g/mol. The average Bonchev–Trinajstić information content (AvgIpc) is 3.12. The van der Waals surface area contributed by atoms with Gasteiger partial charge in [-0.15, -0.1) is 0 Å². The highest BCUT2D eigenvalue weighted by Crippen LogP contribution is 2.39. The molecule has 88 valence electrons. The highest BCUT2D eigenvalue weighted by Gasteiger charge is 2.40. The summed E-state index contributed by atoms with van der Waals surface area (Å²) in [6.07, 6.45) is 2.45. The summed E-state index contributed by atoms with van der Waals surface area (Å²) in [5.41, 5.74) is 1.07. The van der Waals surface area contributed by atoms with Crippen LogP contribution in [0.5, 0.6) is 0 Å². The second-order valence-corrected chi connectivity index (χ2v) is 5.27. The van der Waals surface area contributed by atoms with Crippen LogP contribution in [0.4, 0.5) is 0 Å². The van der Waals surface area contributed by atoms with Gasteiger partial charge in [0.05, 0.1) is 6.61 Å². The first-order valence-electron chi connectivity index (χ1n) is 5.74. The molecule has 2 N–H and O–H groups in total. The van der Waals surface area contributed by atoms with E-state index in [1.807, 2.05) is 24.3 Å². The Balaban J connectivity index is 1.92. The van der Waals surface area contributed by atoms with E-state index in [0.29, 0.717) is 5.92 Å². The smallest absolute Gasteiger partial charge is 0.0613 e. The van der Waals surface area contributed by atoms with Gasteiger partial charge >= 0.3 is 0 Å². The van der Waals surface area contributed by atoms with Gasteiger partial charge in [-0.1, -0.05) is 23.7 Å². The van der Waals surface area contributed by atoms with Crippen molar-refractivity contribution in [1.82, 2.24) is 5.32 Å². The fraction of sp³-hybridized carbons (Fsp3) is 0.538. The fourth-order valence-corrected chi connectivity index (χ4v) is 2.08. The molecule has 0 bridgehead atoms. The average molecular weight is 240 g/mol. The standard InChI is InChI=1S/C13H18ClNO/c1-13(9-16,11-4-5-11)15-8-10-2-6-12(14)7-3-10/h2-3,6-7,11,15-16H,4-5,8-9H2,1H3. The highest BCUT2D eigenvalue weighted by molar-refractivity contribution is 6.30. The van der Waals surface area contributed by atoms with Crippen LogP contribution >= 0.6 is 11.6 Å². The van der Waals surface area contributed by atoms with Crippen LogP contribution in [-0.4, -0.2) is 17.3 Å².